The van der Waals surface area contributed by atoms with Gasteiger partial charge in [-0.3, -0.25) is 14.5 Å². The molecule has 38 heavy (non-hydrogen) atoms. The highest BCUT2D eigenvalue weighted by Crippen LogP contribution is 2.41. The lowest BCUT2D eigenvalue weighted by Gasteiger charge is -2.45. The molecule has 0 spiro atoms. The second-order valence-electron chi connectivity index (χ2n) is 12.7. The van der Waals surface area contributed by atoms with Crippen LogP contribution >= 0.6 is 0 Å². The topological polar surface area (TPSA) is 82.6 Å². The maximum absolute atomic E-state index is 13.8. The van der Waals surface area contributed by atoms with Crippen LogP contribution in [0.25, 0.3) is 0 Å². The molecule has 0 aromatic heterocycles. The molecule has 1 aromatic carbocycles. The number of methoxy groups -OCH3 is 1. The van der Waals surface area contributed by atoms with Gasteiger partial charge in [-0.2, -0.15) is 0 Å². The van der Waals surface area contributed by atoms with Crippen molar-refractivity contribution < 1.29 is 23.9 Å². The van der Waals surface area contributed by atoms with E-state index < -0.39 is 5.60 Å². The van der Waals surface area contributed by atoms with Crippen LogP contribution in [0.2, 0.25) is 0 Å². The van der Waals surface area contributed by atoms with Crippen molar-refractivity contribution in [3.63, 3.8) is 0 Å². The summed E-state index contributed by atoms with van der Waals surface area (Å²) in [7, 11) is 1.64. The lowest BCUT2D eigenvalue weighted by Crippen LogP contribution is -2.62. The van der Waals surface area contributed by atoms with Crippen LogP contribution < -0.4 is 4.90 Å². The van der Waals surface area contributed by atoms with E-state index >= 15 is 0 Å². The van der Waals surface area contributed by atoms with Crippen LogP contribution in [-0.2, 0) is 31.0 Å². The number of piperazine rings is 1. The fraction of sp³-hybridized carbons (Fsp3) is 0.690. The van der Waals surface area contributed by atoms with Gasteiger partial charge in [0.25, 0.3) is 0 Å². The molecule has 4 rings (SSSR count). The smallest absolute Gasteiger partial charge is 0.410 e. The second-order valence-corrected chi connectivity index (χ2v) is 12.7. The van der Waals surface area contributed by atoms with Gasteiger partial charge in [-0.1, -0.05) is 26.0 Å². The van der Waals surface area contributed by atoms with Crippen LogP contribution in [0.5, 0.6) is 0 Å². The minimum Gasteiger partial charge on any atom is -0.444 e. The van der Waals surface area contributed by atoms with Crippen LogP contribution in [0.1, 0.15) is 65.5 Å². The number of carbonyl (C=O) groups is 3. The molecule has 0 unspecified atom stereocenters. The Bertz CT molecular complexity index is 1070. The van der Waals surface area contributed by atoms with Crippen LogP contribution in [0.4, 0.5) is 10.5 Å². The van der Waals surface area contributed by atoms with Gasteiger partial charge in [0, 0.05) is 63.4 Å². The number of nitrogens with zero attached hydrogens (tertiary/aromatic N) is 4. The zero-order valence-electron chi connectivity index (χ0n) is 24.1. The number of anilines is 1. The number of hydrogen-bond acceptors (Lipinski definition) is 6. The van der Waals surface area contributed by atoms with Crippen molar-refractivity contribution in [2.45, 2.75) is 84.0 Å². The number of benzene rings is 1. The van der Waals surface area contributed by atoms with E-state index in [9.17, 15) is 14.4 Å². The molecule has 0 aliphatic carbocycles. The second kappa shape index (κ2) is 10.8. The van der Waals surface area contributed by atoms with Crippen molar-refractivity contribution in [2.75, 3.05) is 51.3 Å². The summed E-state index contributed by atoms with van der Waals surface area (Å²) in [5, 5.41) is 0. The average molecular weight is 529 g/mol. The van der Waals surface area contributed by atoms with Crippen LogP contribution in [0, 0.1) is 0 Å². The summed E-state index contributed by atoms with van der Waals surface area (Å²) < 4.78 is 11.1. The zero-order chi connectivity index (χ0) is 27.8. The highest BCUT2D eigenvalue weighted by Gasteiger charge is 2.41. The highest BCUT2D eigenvalue weighted by atomic mass is 16.6. The summed E-state index contributed by atoms with van der Waals surface area (Å²) in [5.74, 6) is 0.229. The van der Waals surface area contributed by atoms with E-state index in [-0.39, 0.29) is 42.0 Å². The van der Waals surface area contributed by atoms with Gasteiger partial charge in [0.05, 0.1) is 19.2 Å². The SMILES string of the molecule is COC[C@H]1CN(C(=O)OC(C)(C)C)[C@H](C)CN1CC(=O)N1CC(C)(C)c2ccc(CN3CCCC3=O)cc21. The van der Waals surface area contributed by atoms with Gasteiger partial charge in [0.2, 0.25) is 11.8 Å². The van der Waals surface area contributed by atoms with Gasteiger partial charge in [0.15, 0.2) is 0 Å². The Labute approximate surface area is 227 Å². The predicted octanol–water partition coefficient (Wildman–Crippen LogP) is 3.39. The summed E-state index contributed by atoms with van der Waals surface area (Å²) in [6, 6.07) is 6.08. The van der Waals surface area contributed by atoms with Gasteiger partial charge in [0.1, 0.15) is 5.60 Å². The van der Waals surface area contributed by atoms with E-state index in [1.54, 1.807) is 12.0 Å². The van der Waals surface area contributed by atoms with E-state index in [1.165, 1.54) is 0 Å². The summed E-state index contributed by atoms with van der Waals surface area (Å²) >= 11 is 0. The summed E-state index contributed by atoms with van der Waals surface area (Å²) in [6.45, 7) is 15.5. The Balaban J connectivity index is 1.50. The predicted molar refractivity (Wildman–Crippen MR) is 146 cm³/mol. The molecule has 1 aromatic rings. The number of carbonyl (C=O) groups excluding carboxylic acids is 3. The van der Waals surface area contributed by atoms with Gasteiger partial charge in [-0.15, -0.1) is 0 Å². The minimum atomic E-state index is -0.572. The lowest BCUT2D eigenvalue weighted by atomic mass is 9.86. The maximum Gasteiger partial charge on any atom is 0.410 e. The Morgan fingerprint density at radius 1 is 1.16 bits per heavy atom. The lowest BCUT2D eigenvalue weighted by molar-refractivity contribution is -0.128. The van der Waals surface area contributed by atoms with Gasteiger partial charge in [-0.25, -0.2) is 4.79 Å². The van der Waals surface area contributed by atoms with Crippen molar-refractivity contribution in [1.29, 1.82) is 0 Å². The van der Waals surface area contributed by atoms with Crippen molar-refractivity contribution in [3.05, 3.63) is 29.3 Å². The first-order valence-corrected chi connectivity index (χ1v) is 13.7. The van der Waals surface area contributed by atoms with E-state index in [2.05, 4.69) is 36.9 Å². The molecule has 9 heteroatoms. The molecule has 3 heterocycles. The number of hydrogen-bond donors (Lipinski definition) is 0. The van der Waals surface area contributed by atoms with E-state index in [0.29, 0.717) is 39.2 Å². The first-order chi connectivity index (χ1) is 17.8. The van der Waals surface area contributed by atoms with E-state index in [4.69, 9.17) is 9.47 Å². The molecule has 2 atom stereocenters. The van der Waals surface area contributed by atoms with Gasteiger partial charge < -0.3 is 24.2 Å². The Hall–Kier alpha value is -2.65. The van der Waals surface area contributed by atoms with Crippen molar-refractivity contribution in [2.24, 2.45) is 0 Å². The number of likely N-dealkylation sites (tertiary alicyclic amines) is 1. The molecule has 0 bridgehead atoms. The molecule has 0 N–H and O–H groups in total. The van der Waals surface area contributed by atoms with Crippen LogP contribution in [0.15, 0.2) is 18.2 Å². The third-order valence-electron chi connectivity index (χ3n) is 7.76. The monoisotopic (exact) mass is 528 g/mol. The number of rotatable bonds is 6. The number of ether oxygens (including phenoxy) is 2. The normalized spacial score (nSPS) is 23.7. The molecular formula is C29H44N4O5. The molecule has 2 saturated heterocycles. The summed E-state index contributed by atoms with van der Waals surface area (Å²) in [4.78, 5) is 46.5. The molecule has 3 aliphatic heterocycles. The van der Waals surface area contributed by atoms with Crippen molar-refractivity contribution in [1.82, 2.24) is 14.7 Å². The number of amides is 3. The highest BCUT2D eigenvalue weighted by molar-refractivity contribution is 5.97. The van der Waals surface area contributed by atoms with Crippen LogP contribution in [-0.4, -0.2) is 96.7 Å². The van der Waals surface area contributed by atoms with Gasteiger partial charge in [-0.05, 0) is 51.3 Å². The zero-order valence-corrected chi connectivity index (χ0v) is 24.1. The summed E-state index contributed by atoms with van der Waals surface area (Å²) in [5.41, 5.74) is 2.40. The summed E-state index contributed by atoms with van der Waals surface area (Å²) in [6.07, 6.45) is 1.19. The Morgan fingerprint density at radius 2 is 1.89 bits per heavy atom. The van der Waals surface area contributed by atoms with Crippen molar-refractivity contribution in [3.8, 4) is 0 Å². The molecule has 3 aliphatic rings. The number of fused-ring (bicyclic) bond motifs is 1. The van der Waals surface area contributed by atoms with Gasteiger partial charge >= 0.3 is 6.09 Å². The first-order valence-electron chi connectivity index (χ1n) is 13.7. The standard InChI is InChI=1S/C29H44N4O5/c1-20-14-31(22(18-37-7)16-32(20)27(36)38-28(2,3)4)17-26(35)33-19-29(5,6)23-11-10-21(13-24(23)33)15-30-12-8-9-25(30)34/h10-11,13,20,22H,8-9,12,14-19H2,1-7H3/t20-,22-/m1/s1. The maximum atomic E-state index is 13.8. The quantitative estimate of drug-likeness (QED) is 0.563. The molecule has 9 nitrogen and oxygen atoms in total. The van der Waals surface area contributed by atoms with Crippen LogP contribution in [0.3, 0.4) is 0 Å². The largest absolute Gasteiger partial charge is 0.444 e. The Morgan fingerprint density at radius 3 is 2.53 bits per heavy atom. The average Bonchev–Trinajstić information content (AvgIpc) is 3.33. The molecule has 2 fully saturated rings. The third kappa shape index (κ3) is 6.15. The fourth-order valence-corrected chi connectivity index (χ4v) is 5.84. The molecule has 0 radical (unpaired) electrons. The molecule has 3 amide bonds. The van der Waals surface area contributed by atoms with E-state index in [0.717, 1.165) is 29.8 Å². The fourth-order valence-electron chi connectivity index (χ4n) is 5.84. The molecule has 0 saturated carbocycles. The third-order valence-corrected chi connectivity index (χ3v) is 7.76. The van der Waals surface area contributed by atoms with Crippen molar-refractivity contribution >= 4 is 23.6 Å². The first kappa shape index (κ1) is 28.4. The Kier molecular flexibility index (Phi) is 8.09. The van der Waals surface area contributed by atoms with E-state index in [1.807, 2.05) is 37.5 Å². The minimum absolute atomic E-state index is 0.0326. The molecule has 210 valence electrons. The molecular weight excluding hydrogens is 484 g/mol.